The lowest BCUT2D eigenvalue weighted by atomic mass is 10.1. The first-order chi connectivity index (χ1) is 8.00. The van der Waals surface area contributed by atoms with E-state index < -0.39 is 0 Å². The number of piperazine rings is 1. The van der Waals surface area contributed by atoms with Crippen molar-refractivity contribution in [2.45, 2.75) is 25.9 Å². The third kappa shape index (κ3) is 2.35. The molecule has 1 fully saturated rings. The average Bonchev–Trinajstić information content (AvgIpc) is 2.29. The Morgan fingerprint density at radius 1 is 1.24 bits per heavy atom. The molecule has 0 aliphatic carbocycles. The van der Waals surface area contributed by atoms with Crippen molar-refractivity contribution in [3.63, 3.8) is 0 Å². The van der Waals surface area contributed by atoms with E-state index in [2.05, 4.69) is 30.7 Å². The summed E-state index contributed by atoms with van der Waals surface area (Å²) in [6.45, 7) is 6.46. The molecule has 17 heavy (non-hydrogen) atoms. The van der Waals surface area contributed by atoms with Gasteiger partial charge in [0.15, 0.2) is 0 Å². The van der Waals surface area contributed by atoms with Gasteiger partial charge >= 0.3 is 0 Å². The summed E-state index contributed by atoms with van der Waals surface area (Å²) in [5.41, 5.74) is 7.80. The Kier molecular flexibility index (Phi) is 3.50. The highest BCUT2D eigenvalue weighted by molar-refractivity contribution is 6.33. The monoisotopic (exact) mass is 253 g/mol. The summed E-state index contributed by atoms with van der Waals surface area (Å²) in [5.74, 6) is 0. The zero-order valence-electron chi connectivity index (χ0n) is 10.7. The molecule has 2 N–H and O–H groups in total. The van der Waals surface area contributed by atoms with Crippen LogP contribution in [0.3, 0.4) is 0 Å². The minimum absolute atomic E-state index is 0.525. The summed E-state index contributed by atoms with van der Waals surface area (Å²) in [7, 11) is 2.17. The van der Waals surface area contributed by atoms with Gasteiger partial charge in [0.1, 0.15) is 0 Å². The first-order valence-electron chi connectivity index (χ1n) is 6.01. The second-order valence-electron chi connectivity index (χ2n) is 4.94. The maximum Gasteiger partial charge on any atom is 0.0741 e. The molecular weight excluding hydrogens is 234 g/mol. The fraction of sp³-hybridized carbons (Fsp3) is 0.538. The molecule has 4 heteroatoms. The maximum atomic E-state index is 6.07. The molecule has 1 heterocycles. The molecule has 0 spiro atoms. The van der Waals surface area contributed by atoms with Crippen LogP contribution in [0.2, 0.25) is 5.02 Å². The molecule has 1 aliphatic rings. The van der Waals surface area contributed by atoms with Gasteiger partial charge in [-0.3, -0.25) is 4.90 Å². The molecule has 1 aromatic carbocycles. The standard InChI is InChI=1S/C13H20ClN3/c1-9-7-17(8-10(2)16(9)3)12-6-4-5-11(14)13(12)15/h4-6,9-10H,7-8,15H2,1-3H3. The zero-order chi connectivity index (χ0) is 12.6. The van der Waals surface area contributed by atoms with Crippen LogP contribution >= 0.6 is 11.6 Å². The first kappa shape index (κ1) is 12.5. The number of nitrogens with zero attached hydrogens (tertiary/aromatic N) is 2. The Morgan fingerprint density at radius 2 is 1.82 bits per heavy atom. The second kappa shape index (κ2) is 4.75. The van der Waals surface area contributed by atoms with Gasteiger partial charge in [-0.05, 0) is 33.0 Å². The minimum Gasteiger partial charge on any atom is -0.396 e. The fourth-order valence-electron chi connectivity index (χ4n) is 2.40. The predicted molar refractivity (Wildman–Crippen MR) is 74.8 cm³/mol. The number of benzene rings is 1. The summed E-state index contributed by atoms with van der Waals surface area (Å²) in [5, 5.41) is 0.640. The Hall–Kier alpha value is -0.930. The zero-order valence-corrected chi connectivity index (χ0v) is 11.4. The SMILES string of the molecule is CC1CN(c2cccc(Cl)c2N)CC(C)N1C. The fourth-order valence-corrected chi connectivity index (χ4v) is 2.57. The number of rotatable bonds is 1. The lowest BCUT2D eigenvalue weighted by Gasteiger charge is -2.43. The smallest absolute Gasteiger partial charge is 0.0741 e. The van der Waals surface area contributed by atoms with Gasteiger partial charge in [-0.25, -0.2) is 0 Å². The van der Waals surface area contributed by atoms with E-state index in [0.717, 1.165) is 18.8 Å². The molecule has 0 saturated carbocycles. The van der Waals surface area contributed by atoms with Gasteiger partial charge in [-0.15, -0.1) is 0 Å². The third-order valence-corrected chi connectivity index (χ3v) is 4.06. The Balaban J connectivity index is 2.26. The van der Waals surface area contributed by atoms with Gasteiger partial charge in [0.05, 0.1) is 16.4 Å². The van der Waals surface area contributed by atoms with Crippen LogP contribution < -0.4 is 10.6 Å². The van der Waals surface area contributed by atoms with Crippen LogP contribution in [0, 0.1) is 0 Å². The molecule has 0 bridgehead atoms. The Labute approximate surface area is 108 Å². The van der Waals surface area contributed by atoms with Crippen molar-refractivity contribution in [3.8, 4) is 0 Å². The molecule has 2 rings (SSSR count). The van der Waals surface area contributed by atoms with E-state index in [1.807, 2.05) is 18.2 Å². The summed E-state index contributed by atoms with van der Waals surface area (Å²) < 4.78 is 0. The van der Waals surface area contributed by atoms with Gasteiger partial charge in [0, 0.05) is 25.2 Å². The second-order valence-corrected chi connectivity index (χ2v) is 5.35. The van der Waals surface area contributed by atoms with Crippen molar-refractivity contribution in [2.75, 3.05) is 30.8 Å². The highest BCUT2D eigenvalue weighted by Crippen LogP contribution is 2.32. The number of halogens is 1. The Morgan fingerprint density at radius 3 is 2.41 bits per heavy atom. The number of hydrogen-bond donors (Lipinski definition) is 1. The Bertz CT molecular complexity index is 396. The van der Waals surface area contributed by atoms with Crippen LogP contribution in [0.25, 0.3) is 0 Å². The number of anilines is 2. The number of nitrogen functional groups attached to an aromatic ring is 1. The predicted octanol–water partition coefficient (Wildman–Crippen LogP) is 2.45. The quantitative estimate of drug-likeness (QED) is 0.781. The van der Waals surface area contributed by atoms with E-state index >= 15 is 0 Å². The average molecular weight is 254 g/mol. The highest BCUT2D eigenvalue weighted by atomic mass is 35.5. The van der Waals surface area contributed by atoms with Crippen molar-refractivity contribution < 1.29 is 0 Å². The van der Waals surface area contributed by atoms with Crippen LogP contribution in [-0.4, -0.2) is 37.1 Å². The summed E-state index contributed by atoms with van der Waals surface area (Å²) in [6.07, 6.45) is 0. The molecule has 1 aromatic rings. The van der Waals surface area contributed by atoms with Gasteiger partial charge in [-0.2, -0.15) is 0 Å². The molecular formula is C13H20ClN3. The van der Waals surface area contributed by atoms with Crippen molar-refractivity contribution in [1.82, 2.24) is 4.90 Å². The van der Waals surface area contributed by atoms with Crippen LogP contribution in [-0.2, 0) is 0 Å². The highest BCUT2D eigenvalue weighted by Gasteiger charge is 2.27. The lowest BCUT2D eigenvalue weighted by Crippen LogP contribution is -2.55. The first-order valence-corrected chi connectivity index (χ1v) is 6.39. The van der Waals surface area contributed by atoms with E-state index in [4.69, 9.17) is 17.3 Å². The summed E-state index contributed by atoms with van der Waals surface area (Å²) >= 11 is 6.07. The molecule has 0 radical (unpaired) electrons. The summed E-state index contributed by atoms with van der Waals surface area (Å²) in [6, 6.07) is 6.89. The van der Waals surface area contributed by atoms with Crippen LogP contribution in [0.1, 0.15) is 13.8 Å². The number of nitrogens with two attached hydrogens (primary N) is 1. The van der Waals surface area contributed by atoms with Crippen molar-refractivity contribution >= 4 is 23.0 Å². The normalized spacial score (nSPS) is 26.2. The maximum absolute atomic E-state index is 6.07. The largest absolute Gasteiger partial charge is 0.396 e. The van der Waals surface area contributed by atoms with E-state index in [0.29, 0.717) is 22.8 Å². The van der Waals surface area contributed by atoms with Crippen molar-refractivity contribution in [1.29, 1.82) is 0 Å². The van der Waals surface area contributed by atoms with Crippen LogP contribution in [0.15, 0.2) is 18.2 Å². The topological polar surface area (TPSA) is 32.5 Å². The molecule has 94 valence electrons. The van der Waals surface area contributed by atoms with Gasteiger partial charge in [0.2, 0.25) is 0 Å². The number of para-hydroxylation sites is 1. The van der Waals surface area contributed by atoms with E-state index in [-0.39, 0.29) is 0 Å². The van der Waals surface area contributed by atoms with Gasteiger partial charge in [0.25, 0.3) is 0 Å². The molecule has 3 nitrogen and oxygen atoms in total. The molecule has 2 atom stereocenters. The van der Waals surface area contributed by atoms with E-state index in [1.54, 1.807) is 0 Å². The molecule has 2 unspecified atom stereocenters. The number of likely N-dealkylation sites (N-methyl/N-ethyl adjacent to an activating group) is 1. The van der Waals surface area contributed by atoms with E-state index in [9.17, 15) is 0 Å². The number of hydrogen-bond acceptors (Lipinski definition) is 3. The molecule has 1 aliphatic heterocycles. The lowest BCUT2D eigenvalue weighted by molar-refractivity contribution is 0.170. The summed E-state index contributed by atoms with van der Waals surface area (Å²) in [4.78, 5) is 4.73. The van der Waals surface area contributed by atoms with Crippen LogP contribution in [0.5, 0.6) is 0 Å². The molecule has 0 aromatic heterocycles. The molecule has 1 saturated heterocycles. The minimum atomic E-state index is 0.525. The van der Waals surface area contributed by atoms with Crippen molar-refractivity contribution in [2.24, 2.45) is 0 Å². The van der Waals surface area contributed by atoms with Gasteiger partial charge in [-0.1, -0.05) is 17.7 Å². The van der Waals surface area contributed by atoms with Crippen LogP contribution in [0.4, 0.5) is 11.4 Å². The molecule has 0 amide bonds. The van der Waals surface area contributed by atoms with Gasteiger partial charge < -0.3 is 10.6 Å². The van der Waals surface area contributed by atoms with Crippen molar-refractivity contribution in [3.05, 3.63) is 23.2 Å². The van der Waals surface area contributed by atoms with E-state index in [1.165, 1.54) is 0 Å². The third-order valence-electron chi connectivity index (χ3n) is 3.73.